The smallest absolute Gasteiger partial charge is 0.0942 e. The van der Waals surface area contributed by atoms with Gasteiger partial charge in [-0.2, -0.15) is 10.4 Å². The number of aromatic nitrogens is 3. The van der Waals surface area contributed by atoms with E-state index in [9.17, 15) is 0 Å². The van der Waals surface area contributed by atoms with Gasteiger partial charge in [-0.15, -0.1) is 0 Å². The number of hydrogen-bond acceptors (Lipinski definition) is 3. The quantitative estimate of drug-likeness (QED) is 0.808. The average Bonchev–Trinajstić information content (AvgIpc) is 2.75. The third-order valence-corrected chi connectivity index (χ3v) is 2.52. The van der Waals surface area contributed by atoms with Crippen LogP contribution in [0.25, 0.3) is 11.3 Å². The zero-order valence-electron chi connectivity index (χ0n) is 9.96. The van der Waals surface area contributed by atoms with Crippen LogP contribution >= 0.6 is 0 Å². The predicted molar refractivity (Wildman–Crippen MR) is 65.2 cm³/mol. The summed E-state index contributed by atoms with van der Waals surface area (Å²) in [5.74, 6) is 0. The SMILES string of the molecule is CC(C)n1nc(-c2cccnc2)cc1CC#N. The van der Waals surface area contributed by atoms with Gasteiger partial charge < -0.3 is 0 Å². The monoisotopic (exact) mass is 226 g/mol. The number of nitrogens with zero attached hydrogens (tertiary/aromatic N) is 4. The van der Waals surface area contributed by atoms with Crippen LogP contribution in [0.15, 0.2) is 30.6 Å². The van der Waals surface area contributed by atoms with Crippen molar-refractivity contribution in [2.45, 2.75) is 26.3 Å². The first-order chi connectivity index (χ1) is 8.22. The largest absolute Gasteiger partial charge is 0.265 e. The van der Waals surface area contributed by atoms with Gasteiger partial charge in [-0.3, -0.25) is 9.67 Å². The second kappa shape index (κ2) is 4.79. The van der Waals surface area contributed by atoms with E-state index in [0.29, 0.717) is 6.42 Å². The molecule has 0 aromatic carbocycles. The second-order valence-electron chi connectivity index (χ2n) is 4.14. The fraction of sp³-hybridized carbons (Fsp3) is 0.308. The number of nitriles is 1. The summed E-state index contributed by atoms with van der Waals surface area (Å²) >= 11 is 0. The number of hydrogen-bond donors (Lipinski definition) is 0. The Bertz CT molecular complexity index is 534. The number of rotatable bonds is 3. The lowest BCUT2D eigenvalue weighted by molar-refractivity contribution is 0.516. The van der Waals surface area contributed by atoms with Crippen LogP contribution in [0, 0.1) is 11.3 Å². The highest BCUT2D eigenvalue weighted by Gasteiger charge is 2.11. The molecule has 0 radical (unpaired) electrons. The molecule has 2 aromatic heterocycles. The Morgan fingerprint density at radius 1 is 1.47 bits per heavy atom. The zero-order valence-corrected chi connectivity index (χ0v) is 9.96. The van der Waals surface area contributed by atoms with Gasteiger partial charge in [0.15, 0.2) is 0 Å². The van der Waals surface area contributed by atoms with Crippen LogP contribution < -0.4 is 0 Å². The van der Waals surface area contributed by atoms with Crippen LogP contribution in [0.1, 0.15) is 25.6 Å². The molecular weight excluding hydrogens is 212 g/mol. The van der Waals surface area contributed by atoms with Gasteiger partial charge in [0.25, 0.3) is 0 Å². The summed E-state index contributed by atoms with van der Waals surface area (Å²) in [7, 11) is 0. The molecule has 2 rings (SSSR count). The molecule has 0 saturated carbocycles. The van der Waals surface area contributed by atoms with Crippen molar-refractivity contribution in [2.75, 3.05) is 0 Å². The minimum absolute atomic E-state index is 0.253. The highest BCUT2D eigenvalue weighted by molar-refractivity contribution is 5.58. The van der Waals surface area contributed by atoms with E-state index < -0.39 is 0 Å². The summed E-state index contributed by atoms with van der Waals surface area (Å²) in [4.78, 5) is 4.08. The normalized spacial score (nSPS) is 10.5. The Labute approximate surface area is 101 Å². The molecule has 86 valence electrons. The van der Waals surface area contributed by atoms with Gasteiger partial charge in [0.05, 0.1) is 23.9 Å². The Morgan fingerprint density at radius 3 is 2.88 bits per heavy atom. The van der Waals surface area contributed by atoms with E-state index in [1.807, 2.05) is 22.9 Å². The standard InChI is InChI=1S/C13H14N4/c1-10(2)17-12(5-6-14)8-13(16-17)11-4-3-7-15-9-11/h3-4,7-10H,5H2,1-2H3. The second-order valence-corrected chi connectivity index (χ2v) is 4.14. The third kappa shape index (κ3) is 2.34. The first kappa shape index (κ1) is 11.3. The molecule has 0 aliphatic heterocycles. The van der Waals surface area contributed by atoms with Crippen LogP contribution in [0.2, 0.25) is 0 Å². The molecule has 0 N–H and O–H groups in total. The molecule has 0 aliphatic rings. The molecule has 0 spiro atoms. The molecule has 0 saturated heterocycles. The van der Waals surface area contributed by atoms with Crippen molar-refractivity contribution >= 4 is 0 Å². The van der Waals surface area contributed by atoms with Crippen LogP contribution in [0.3, 0.4) is 0 Å². The van der Waals surface area contributed by atoms with Gasteiger partial charge in [-0.05, 0) is 32.0 Å². The lowest BCUT2D eigenvalue weighted by atomic mass is 10.2. The minimum Gasteiger partial charge on any atom is -0.265 e. The van der Waals surface area contributed by atoms with Gasteiger partial charge >= 0.3 is 0 Å². The highest BCUT2D eigenvalue weighted by atomic mass is 15.3. The van der Waals surface area contributed by atoms with Crippen LogP contribution in [-0.2, 0) is 6.42 Å². The lowest BCUT2D eigenvalue weighted by Crippen LogP contribution is -2.06. The van der Waals surface area contributed by atoms with E-state index in [4.69, 9.17) is 5.26 Å². The van der Waals surface area contributed by atoms with E-state index in [-0.39, 0.29) is 6.04 Å². The van der Waals surface area contributed by atoms with E-state index in [0.717, 1.165) is 17.0 Å². The summed E-state index contributed by atoms with van der Waals surface area (Å²) in [6, 6.07) is 8.23. The molecule has 2 heterocycles. The van der Waals surface area contributed by atoms with Gasteiger partial charge in [0.2, 0.25) is 0 Å². The fourth-order valence-corrected chi connectivity index (χ4v) is 1.75. The molecule has 0 aliphatic carbocycles. The van der Waals surface area contributed by atoms with Crippen molar-refractivity contribution in [3.05, 3.63) is 36.3 Å². The van der Waals surface area contributed by atoms with Gasteiger partial charge in [0.1, 0.15) is 0 Å². The Hall–Kier alpha value is -2.15. The fourth-order valence-electron chi connectivity index (χ4n) is 1.75. The molecule has 0 amide bonds. The maximum absolute atomic E-state index is 8.80. The predicted octanol–water partition coefficient (Wildman–Crippen LogP) is 2.59. The Kier molecular flexibility index (Phi) is 3.20. The van der Waals surface area contributed by atoms with Crippen LogP contribution in [0.5, 0.6) is 0 Å². The average molecular weight is 226 g/mol. The molecule has 0 unspecified atom stereocenters. The van der Waals surface area contributed by atoms with Crippen LogP contribution in [-0.4, -0.2) is 14.8 Å². The molecule has 0 atom stereocenters. The van der Waals surface area contributed by atoms with Gasteiger partial charge in [0, 0.05) is 24.0 Å². The van der Waals surface area contributed by atoms with E-state index in [1.165, 1.54) is 0 Å². The lowest BCUT2D eigenvalue weighted by Gasteiger charge is -2.08. The van der Waals surface area contributed by atoms with Gasteiger partial charge in [-0.1, -0.05) is 0 Å². The molecule has 2 aromatic rings. The third-order valence-electron chi connectivity index (χ3n) is 2.52. The molecule has 0 fully saturated rings. The first-order valence-corrected chi connectivity index (χ1v) is 5.58. The maximum atomic E-state index is 8.80. The van der Waals surface area contributed by atoms with Crippen LogP contribution in [0.4, 0.5) is 0 Å². The van der Waals surface area contributed by atoms with Crippen molar-refractivity contribution in [2.24, 2.45) is 0 Å². The Morgan fingerprint density at radius 2 is 2.29 bits per heavy atom. The summed E-state index contributed by atoms with van der Waals surface area (Å²) in [6.07, 6.45) is 3.90. The maximum Gasteiger partial charge on any atom is 0.0942 e. The molecule has 4 nitrogen and oxygen atoms in total. The van der Waals surface area contributed by atoms with Crippen molar-refractivity contribution in [1.82, 2.24) is 14.8 Å². The number of pyridine rings is 1. The summed E-state index contributed by atoms with van der Waals surface area (Å²) < 4.78 is 1.89. The summed E-state index contributed by atoms with van der Waals surface area (Å²) in [5, 5.41) is 13.3. The van der Waals surface area contributed by atoms with E-state index >= 15 is 0 Å². The van der Waals surface area contributed by atoms with Crippen molar-refractivity contribution in [3.8, 4) is 17.3 Å². The topological polar surface area (TPSA) is 54.5 Å². The molecular formula is C13H14N4. The highest BCUT2D eigenvalue weighted by Crippen LogP contribution is 2.20. The molecule has 17 heavy (non-hydrogen) atoms. The van der Waals surface area contributed by atoms with Crippen molar-refractivity contribution in [3.63, 3.8) is 0 Å². The summed E-state index contributed by atoms with van der Waals surface area (Å²) in [5.41, 5.74) is 2.80. The minimum atomic E-state index is 0.253. The van der Waals surface area contributed by atoms with E-state index in [1.54, 1.807) is 12.4 Å². The van der Waals surface area contributed by atoms with Crippen molar-refractivity contribution < 1.29 is 0 Å². The van der Waals surface area contributed by atoms with E-state index in [2.05, 4.69) is 30.0 Å². The van der Waals surface area contributed by atoms with Crippen molar-refractivity contribution in [1.29, 1.82) is 5.26 Å². The summed E-state index contributed by atoms with van der Waals surface area (Å²) in [6.45, 7) is 4.11. The Balaban J connectivity index is 2.44. The zero-order chi connectivity index (χ0) is 12.3. The van der Waals surface area contributed by atoms with Gasteiger partial charge in [-0.25, -0.2) is 0 Å². The first-order valence-electron chi connectivity index (χ1n) is 5.58. The molecule has 0 bridgehead atoms. The molecule has 4 heteroatoms.